The van der Waals surface area contributed by atoms with E-state index in [0.29, 0.717) is 47.8 Å². The quantitative estimate of drug-likeness (QED) is 0.699. The standard InChI is InChI=1S/C21H33N3O3S2/c1-21(2,3)16-4-6-17(7-5-16)22-20(28)23-18-8-10-19(11-9-18)29(25,26)24-12-14-27-15-13-24/h8-11,16-17H,4-7,12-15H2,1-3H3,(H2,22,23,28). The molecule has 1 saturated heterocycles. The maximum absolute atomic E-state index is 12.7. The molecule has 29 heavy (non-hydrogen) atoms. The Morgan fingerprint density at radius 1 is 1.07 bits per heavy atom. The summed E-state index contributed by atoms with van der Waals surface area (Å²) in [6.07, 6.45) is 4.69. The lowest BCUT2D eigenvalue weighted by Crippen LogP contribution is -2.41. The summed E-state index contributed by atoms with van der Waals surface area (Å²) in [4.78, 5) is 0.296. The fraction of sp³-hybridized carbons (Fsp3) is 0.667. The summed E-state index contributed by atoms with van der Waals surface area (Å²) < 4.78 is 32.1. The number of thiocarbonyl (C=S) groups is 1. The minimum atomic E-state index is -3.47. The number of hydrogen-bond donors (Lipinski definition) is 2. The van der Waals surface area contributed by atoms with E-state index in [4.69, 9.17) is 17.0 Å². The van der Waals surface area contributed by atoms with Crippen LogP contribution in [0.5, 0.6) is 0 Å². The molecule has 2 N–H and O–H groups in total. The molecule has 0 aromatic heterocycles. The summed E-state index contributed by atoms with van der Waals surface area (Å²) in [6, 6.07) is 7.18. The van der Waals surface area contributed by atoms with Crippen molar-refractivity contribution in [3.63, 3.8) is 0 Å². The van der Waals surface area contributed by atoms with Crippen LogP contribution in [0.4, 0.5) is 5.69 Å². The lowest BCUT2D eigenvalue weighted by atomic mass is 9.71. The number of nitrogens with one attached hydrogen (secondary N) is 2. The summed E-state index contributed by atoms with van der Waals surface area (Å²) in [5.41, 5.74) is 1.15. The van der Waals surface area contributed by atoms with Crippen molar-refractivity contribution < 1.29 is 13.2 Å². The average Bonchev–Trinajstić information content (AvgIpc) is 2.69. The first-order valence-corrected chi connectivity index (χ1v) is 12.3. The molecule has 1 aliphatic heterocycles. The zero-order chi connectivity index (χ0) is 21.1. The Kier molecular flexibility index (Phi) is 7.19. The number of hydrogen-bond acceptors (Lipinski definition) is 4. The predicted octanol–water partition coefficient (Wildman–Crippen LogP) is 3.60. The van der Waals surface area contributed by atoms with Crippen LogP contribution in [0.25, 0.3) is 0 Å². The Balaban J connectivity index is 1.51. The van der Waals surface area contributed by atoms with Gasteiger partial charge in [-0.25, -0.2) is 8.42 Å². The lowest BCUT2D eigenvalue weighted by molar-refractivity contribution is 0.0730. The van der Waals surface area contributed by atoms with Crippen LogP contribution in [0.15, 0.2) is 29.2 Å². The van der Waals surface area contributed by atoms with Crippen LogP contribution in [0, 0.1) is 11.3 Å². The molecule has 1 aromatic rings. The number of benzene rings is 1. The molecule has 8 heteroatoms. The Hall–Kier alpha value is -1.22. The van der Waals surface area contributed by atoms with Crippen LogP contribution in [0.2, 0.25) is 0 Å². The molecule has 0 amide bonds. The summed E-state index contributed by atoms with van der Waals surface area (Å²) in [5, 5.41) is 7.19. The third-order valence-electron chi connectivity index (χ3n) is 6.01. The van der Waals surface area contributed by atoms with Crippen LogP contribution in [-0.4, -0.2) is 50.2 Å². The van der Waals surface area contributed by atoms with E-state index in [9.17, 15) is 8.42 Å². The lowest BCUT2D eigenvalue weighted by Gasteiger charge is -2.37. The van der Waals surface area contributed by atoms with Crippen molar-refractivity contribution in [2.45, 2.75) is 57.4 Å². The topological polar surface area (TPSA) is 70.7 Å². The number of morpholine rings is 1. The van der Waals surface area contributed by atoms with Gasteiger partial charge in [-0.3, -0.25) is 0 Å². The van der Waals surface area contributed by atoms with Crippen molar-refractivity contribution in [1.29, 1.82) is 0 Å². The molecule has 1 saturated carbocycles. The van der Waals surface area contributed by atoms with Crippen molar-refractivity contribution >= 4 is 33.0 Å². The van der Waals surface area contributed by atoms with Gasteiger partial charge >= 0.3 is 0 Å². The molecule has 1 heterocycles. The van der Waals surface area contributed by atoms with Gasteiger partial charge in [0.2, 0.25) is 10.0 Å². The molecule has 6 nitrogen and oxygen atoms in total. The number of anilines is 1. The number of sulfonamides is 1. The van der Waals surface area contributed by atoms with Gasteiger partial charge in [0.05, 0.1) is 18.1 Å². The maximum atomic E-state index is 12.7. The summed E-state index contributed by atoms with van der Waals surface area (Å²) >= 11 is 5.47. The highest BCUT2D eigenvalue weighted by molar-refractivity contribution is 7.89. The molecule has 0 radical (unpaired) electrons. The van der Waals surface area contributed by atoms with Gasteiger partial charge < -0.3 is 15.4 Å². The molecule has 0 unspecified atom stereocenters. The van der Waals surface area contributed by atoms with E-state index >= 15 is 0 Å². The molecule has 2 aliphatic rings. The molecule has 1 aliphatic carbocycles. The third kappa shape index (κ3) is 5.90. The van der Waals surface area contributed by atoms with E-state index in [1.54, 1.807) is 24.3 Å². The van der Waals surface area contributed by atoms with E-state index in [-0.39, 0.29) is 0 Å². The molecule has 0 spiro atoms. The Morgan fingerprint density at radius 3 is 2.21 bits per heavy atom. The van der Waals surface area contributed by atoms with Crippen molar-refractivity contribution in [3.8, 4) is 0 Å². The van der Waals surface area contributed by atoms with E-state index < -0.39 is 10.0 Å². The highest BCUT2D eigenvalue weighted by Gasteiger charge is 2.30. The molecular weight excluding hydrogens is 406 g/mol. The molecule has 3 rings (SSSR count). The fourth-order valence-corrected chi connectivity index (χ4v) is 5.80. The van der Waals surface area contributed by atoms with Crippen molar-refractivity contribution in [1.82, 2.24) is 9.62 Å². The van der Waals surface area contributed by atoms with Gasteiger partial charge in [-0.1, -0.05) is 20.8 Å². The first-order chi connectivity index (χ1) is 13.7. The second-order valence-corrected chi connectivity index (χ2v) is 11.4. The van der Waals surface area contributed by atoms with Gasteiger partial charge in [0, 0.05) is 24.8 Å². The van der Waals surface area contributed by atoms with Gasteiger partial charge in [-0.2, -0.15) is 4.31 Å². The van der Waals surface area contributed by atoms with Gasteiger partial charge in [0.1, 0.15) is 0 Å². The molecule has 2 fully saturated rings. The van der Waals surface area contributed by atoms with Crippen molar-refractivity contribution in [2.24, 2.45) is 11.3 Å². The Bertz CT molecular complexity index is 789. The minimum absolute atomic E-state index is 0.296. The fourth-order valence-electron chi connectivity index (χ4n) is 4.10. The second-order valence-electron chi connectivity index (χ2n) is 9.05. The van der Waals surface area contributed by atoms with E-state index in [1.807, 2.05) is 0 Å². The highest BCUT2D eigenvalue weighted by atomic mass is 32.2. The normalized spacial score (nSPS) is 24.1. The first-order valence-electron chi connectivity index (χ1n) is 10.4. The highest BCUT2D eigenvalue weighted by Crippen LogP contribution is 2.37. The zero-order valence-electron chi connectivity index (χ0n) is 17.6. The molecule has 1 aromatic carbocycles. The van der Waals surface area contributed by atoms with Gasteiger partial charge in [-0.15, -0.1) is 0 Å². The second kappa shape index (κ2) is 9.29. The van der Waals surface area contributed by atoms with Gasteiger partial charge in [-0.05, 0) is 73.5 Å². The molecule has 0 bridgehead atoms. The predicted molar refractivity (Wildman–Crippen MR) is 121 cm³/mol. The third-order valence-corrected chi connectivity index (χ3v) is 8.14. The number of ether oxygens (including phenoxy) is 1. The summed E-state index contributed by atoms with van der Waals surface area (Å²) in [7, 11) is -3.47. The number of rotatable bonds is 4. The summed E-state index contributed by atoms with van der Waals surface area (Å²) in [6.45, 7) is 8.64. The molecular formula is C21H33N3O3S2. The first kappa shape index (κ1) is 22.5. The maximum Gasteiger partial charge on any atom is 0.243 e. The van der Waals surface area contributed by atoms with Crippen molar-refractivity contribution in [3.05, 3.63) is 24.3 Å². The molecule has 162 valence electrons. The van der Waals surface area contributed by atoms with E-state index in [2.05, 4.69) is 31.4 Å². The molecule has 0 atom stereocenters. The smallest absolute Gasteiger partial charge is 0.243 e. The van der Waals surface area contributed by atoms with Crippen LogP contribution in [0.1, 0.15) is 46.5 Å². The van der Waals surface area contributed by atoms with E-state index in [1.165, 1.54) is 17.1 Å². The minimum Gasteiger partial charge on any atom is -0.379 e. The van der Waals surface area contributed by atoms with Gasteiger partial charge in [0.15, 0.2) is 5.11 Å². The van der Waals surface area contributed by atoms with Crippen LogP contribution in [-0.2, 0) is 14.8 Å². The van der Waals surface area contributed by atoms with E-state index in [0.717, 1.165) is 24.4 Å². The SMILES string of the molecule is CC(C)(C)C1CCC(NC(=S)Nc2ccc(S(=O)(=O)N3CCOCC3)cc2)CC1. The van der Waals surface area contributed by atoms with Crippen LogP contribution < -0.4 is 10.6 Å². The summed E-state index contributed by atoms with van der Waals surface area (Å²) in [5.74, 6) is 0.767. The Morgan fingerprint density at radius 2 is 1.66 bits per heavy atom. The largest absolute Gasteiger partial charge is 0.379 e. The van der Waals surface area contributed by atoms with Crippen molar-refractivity contribution in [2.75, 3.05) is 31.6 Å². The number of nitrogens with zero attached hydrogens (tertiary/aromatic N) is 1. The van der Waals surface area contributed by atoms with Crippen LogP contribution in [0.3, 0.4) is 0 Å². The average molecular weight is 440 g/mol. The Labute approximate surface area is 180 Å². The van der Waals surface area contributed by atoms with Gasteiger partial charge in [0.25, 0.3) is 0 Å². The van der Waals surface area contributed by atoms with Crippen LogP contribution >= 0.6 is 12.2 Å². The monoisotopic (exact) mass is 439 g/mol. The zero-order valence-corrected chi connectivity index (χ0v) is 19.2.